The van der Waals surface area contributed by atoms with Gasteiger partial charge in [0.1, 0.15) is 5.82 Å². The van der Waals surface area contributed by atoms with E-state index in [1.807, 2.05) is 0 Å². The molecular weight excluding hydrogens is 265 g/mol. The third kappa shape index (κ3) is 5.47. The van der Waals surface area contributed by atoms with E-state index in [2.05, 4.69) is 10.9 Å². The molecule has 0 saturated carbocycles. The summed E-state index contributed by atoms with van der Waals surface area (Å²) in [4.78, 5) is 33.7. The first kappa shape index (κ1) is 15.6. The van der Waals surface area contributed by atoms with Crippen molar-refractivity contribution in [3.8, 4) is 0 Å². The highest BCUT2D eigenvalue weighted by Crippen LogP contribution is 2.06. The van der Waals surface area contributed by atoms with Crippen molar-refractivity contribution in [3.05, 3.63) is 35.6 Å². The Hall–Kier alpha value is -2.44. The van der Waals surface area contributed by atoms with Gasteiger partial charge in [-0.2, -0.15) is 0 Å². The van der Waals surface area contributed by atoms with Crippen molar-refractivity contribution < 1.29 is 18.8 Å². The standard InChI is InChI=1S/C13H16FN3O3/c1-8(6-11(15)18)7-12(19)16-17-13(20)9-2-4-10(14)5-3-9/h2-5,8H,6-7H2,1H3,(H2,15,18)(H,16,19)(H,17,20)/t8-/m1/s1. The molecule has 0 aliphatic carbocycles. The Bertz CT molecular complexity index is 502. The topological polar surface area (TPSA) is 101 Å². The number of halogens is 1. The van der Waals surface area contributed by atoms with Gasteiger partial charge in [-0.3, -0.25) is 25.2 Å². The van der Waals surface area contributed by atoms with Crippen LogP contribution in [0.3, 0.4) is 0 Å². The van der Waals surface area contributed by atoms with E-state index >= 15 is 0 Å². The lowest BCUT2D eigenvalue weighted by molar-refractivity contribution is -0.123. The zero-order valence-corrected chi connectivity index (χ0v) is 11.0. The molecule has 0 saturated heterocycles. The van der Waals surface area contributed by atoms with Gasteiger partial charge in [-0.1, -0.05) is 6.92 Å². The molecule has 20 heavy (non-hydrogen) atoms. The lowest BCUT2D eigenvalue weighted by Gasteiger charge is -2.10. The highest BCUT2D eigenvalue weighted by molar-refractivity contribution is 5.95. The van der Waals surface area contributed by atoms with Crippen molar-refractivity contribution in [2.75, 3.05) is 0 Å². The number of nitrogens with two attached hydrogens (primary N) is 1. The molecule has 3 amide bonds. The van der Waals surface area contributed by atoms with Gasteiger partial charge in [-0.05, 0) is 30.2 Å². The molecular formula is C13H16FN3O3. The van der Waals surface area contributed by atoms with Crippen molar-refractivity contribution in [1.82, 2.24) is 10.9 Å². The molecule has 0 aromatic heterocycles. The Labute approximate surface area is 115 Å². The van der Waals surface area contributed by atoms with Crippen LogP contribution in [-0.4, -0.2) is 17.7 Å². The van der Waals surface area contributed by atoms with Crippen LogP contribution in [0, 0.1) is 11.7 Å². The number of hydrogen-bond donors (Lipinski definition) is 3. The maximum atomic E-state index is 12.7. The fourth-order valence-electron chi connectivity index (χ4n) is 1.58. The van der Waals surface area contributed by atoms with Crippen LogP contribution in [0.4, 0.5) is 4.39 Å². The van der Waals surface area contributed by atoms with Gasteiger partial charge in [0.05, 0.1) is 0 Å². The third-order valence-corrected chi connectivity index (χ3v) is 2.51. The second kappa shape index (κ2) is 7.22. The number of primary amides is 1. The summed E-state index contributed by atoms with van der Waals surface area (Å²) < 4.78 is 12.7. The van der Waals surface area contributed by atoms with Crippen LogP contribution in [0.25, 0.3) is 0 Å². The van der Waals surface area contributed by atoms with Crippen LogP contribution in [-0.2, 0) is 9.59 Å². The molecule has 108 valence electrons. The highest BCUT2D eigenvalue weighted by Gasteiger charge is 2.12. The second-order valence-corrected chi connectivity index (χ2v) is 4.49. The van der Waals surface area contributed by atoms with Crippen LogP contribution < -0.4 is 16.6 Å². The monoisotopic (exact) mass is 281 g/mol. The van der Waals surface area contributed by atoms with Gasteiger partial charge < -0.3 is 5.73 Å². The summed E-state index contributed by atoms with van der Waals surface area (Å²) in [6.07, 6.45) is 0.159. The molecule has 0 bridgehead atoms. The number of hydrogen-bond acceptors (Lipinski definition) is 3. The minimum absolute atomic E-state index is 0.0621. The van der Waals surface area contributed by atoms with Crippen molar-refractivity contribution >= 4 is 17.7 Å². The van der Waals surface area contributed by atoms with Crippen LogP contribution in [0.15, 0.2) is 24.3 Å². The predicted octanol–water partition coefficient (Wildman–Crippen LogP) is 0.488. The van der Waals surface area contributed by atoms with Crippen LogP contribution >= 0.6 is 0 Å². The van der Waals surface area contributed by atoms with Crippen molar-refractivity contribution in [2.45, 2.75) is 19.8 Å². The predicted molar refractivity (Wildman–Crippen MR) is 69.6 cm³/mol. The quantitative estimate of drug-likeness (QED) is 0.684. The number of nitrogens with one attached hydrogen (secondary N) is 2. The summed E-state index contributed by atoms with van der Waals surface area (Å²) >= 11 is 0. The number of amides is 3. The first-order chi connectivity index (χ1) is 9.38. The van der Waals surface area contributed by atoms with Crippen LogP contribution in [0.2, 0.25) is 0 Å². The van der Waals surface area contributed by atoms with Crippen LogP contribution in [0.5, 0.6) is 0 Å². The lowest BCUT2D eigenvalue weighted by Crippen LogP contribution is -2.42. The summed E-state index contributed by atoms with van der Waals surface area (Å²) in [5.41, 5.74) is 9.64. The number of carbonyl (C=O) groups is 3. The second-order valence-electron chi connectivity index (χ2n) is 4.49. The minimum Gasteiger partial charge on any atom is -0.370 e. The molecule has 1 rings (SSSR count). The Kier molecular flexibility index (Phi) is 5.64. The summed E-state index contributed by atoms with van der Waals surface area (Å²) in [6, 6.07) is 4.89. The molecule has 0 aliphatic rings. The first-order valence-electron chi connectivity index (χ1n) is 6.01. The average molecular weight is 281 g/mol. The molecule has 1 atom stereocenters. The Morgan fingerprint density at radius 3 is 2.30 bits per heavy atom. The Balaban J connectivity index is 2.39. The summed E-state index contributed by atoms with van der Waals surface area (Å²) in [5.74, 6) is -2.14. The number of benzene rings is 1. The van der Waals surface area contributed by atoms with Gasteiger partial charge in [0.2, 0.25) is 11.8 Å². The molecule has 0 unspecified atom stereocenters. The van der Waals surface area contributed by atoms with Gasteiger partial charge >= 0.3 is 0 Å². The van der Waals surface area contributed by atoms with E-state index in [1.54, 1.807) is 6.92 Å². The number of carbonyl (C=O) groups excluding carboxylic acids is 3. The van der Waals surface area contributed by atoms with Gasteiger partial charge in [0, 0.05) is 18.4 Å². The van der Waals surface area contributed by atoms with E-state index in [1.165, 1.54) is 12.1 Å². The minimum atomic E-state index is -0.555. The number of hydrazine groups is 1. The fraction of sp³-hybridized carbons (Fsp3) is 0.308. The van der Waals surface area contributed by atoms with E-state index < -0.39 is 23.5 Å². The van der Waals surface area contributed by atoms with Crippen molar-refractivity contribution in [2.24, 2.45) is 11.7 Å². The highest BCUT2D eigenvalue weighted by atomic mass is 19.1. The largest absolute Gasteiger partial charge is 0.370 e. The summed E-state index contributed by atoms with van der Waals surface area (Å²) in [7, 11) is 0. The molecule has 6 nitrogen and oxygen atoms in total. The van der Waals surface area contributed by atoms with E-state index in [0.29, 0.717) is 0 Å². The third-order valence-electron chi connectivity index (χ3n) is 2.51. The summed E-state index contributed by atoms with van der Waals surface area (Å²) in [5, 5.41) is 0. The fourth-order valence-corrected chi connectivity index (χ4v) is 1.58. The number of rotatable bonds is 5. The van der Waals surface area contributed by atoms with Gasteiger partial charge in [-0.15, -0.1) is 0 Å². The van der Waals surface area contributed by atoms with Gasteiger partial charge in [0.25, 0.3) is 5.91 Å². The van der Waals surface area contributed by atoms with Crippen molar-refractivity contribution in [1.29, 1.82) is 0 Å². The maximum Gasteiger partial charge on any atom is 0.269 e. The Morgan fingerprint density at radius 2 is 1.75 bits per heavy atom. The molecule has 0 fully saturated rings. The smallest absolute Gasteiger partial charge is 0.269 e. The molecule has 0 aliphatic heterocycles. The average Bonchev–Trinajstić information content (AvgIpc) is 2.35. The van der Waals surface area contributed by atoms with E-state index in [4.69, 9.17) is 5.73 Å². The van der Waals surface area contributed by atoms with E-state index in [-0.39, 0.29) is 24.3 Å². The molecule has 1 aromatic rings. The van der Waals surface area contributed by atoms with Crippen molar-refractivity contribution in [3.63, 3.8) is 0 Å². The first-order valence-corrected chi connectivity index (χ1v) is 6.01. The zero-order chi connectivity index (χ0) is 15.1. The van der Waals surface area contributed by atoms with Gasteiger partial charge in [0.15, 0.2) is 0 Å². The summed E-state index contributed by atoms with van der Waals surface area (Å²) in [6.45, 7) is 1.70. The SMILES string of the molecule is C[C@H](CC(N)=O)CC(=O)NNC(=O)c1ccc(F)cc1. The van der Waals surface area contributed by atoms with Gasteiger partial charge in [-0.25, -0.2) is 4.39 Å². The molecule has 4 N–H and O–H groups in total. The molecule has 7 heteroatoms. The molecule has 0 radical (unpaired) electrons. The van der Waals surface area contributed by atoms with Crippen LogP contribution in [0.1, 0.15) is 30.1 Å². The van der Waals surface area contributed by atoms with E-state index in [9.17, 15) is 18.8 Å². The molecule has 0 spiro atoms. The zero-order valence-electron chi connectivity index (χ0n) is 11.0. The molecule has 0 heterocycles. The molecule has 1 aromatic carbocycles. The van der Waals surface area contributed by atoms with E-state index in [0.717, 1.165) is 12.1 Å². The maximum absolute atomic E-state index is 12.7. The normalized spacial score (nSPS) is 11.5. The lowest BCUT2D eigenvalue weighted by atomic mass is 10.0. The Morgan fingerprint density at radius 1 is 1.15 bits per heavy atom.